The fourth-order valence-corrected chi connectivity index (χ4v) is 3.20. The number of rotatable bonds is 2. The third kappa shape index (κ3) is 3.62. The molecule has 1 amide bonds. The van der Waals surface area contributed by atoms with Gasteiger partial charge >= 0.3 is 6.09 Å². The first-order valence-corrected chi connectivity index (χ1v) is 7.54. The number of hydrogen-bond donors (Lipinski definition) is 1. The molecule has 1 aliphatic carbocycles. The van der Waals surface area contributed by atoms with E-state index in [4.69, 9.17) is 10.5 Å². The van der Waals surface area contributed by atoms with Crippen molar-refractivity contribution in [2.75, 3.05) is 19.6 Å². The Bertz CT molecular complexity index is 334. The molecule has 0 spiro atoms. The van der Waals surface area contributed by atoms with Gasteiger partial charge in [-0.25, -0.2) is 4.79 Å². The second kappa shape index (κ2) is 5.31. The van der Waals surface area contributed by atoms with E-state index in [1.807, 2.05) is 25.7 Å². The molecule has 2 rings (SSSR count). The molecule has 1 aliphatic heterocycles. The van der Waals surface area contributed by atoms with Crippen molar-refractivity contribution >= 4 is 6.09 Å². The number of hydrogen-bond acceptors (Lipinski definition) is 3. The Kier molecular flexibility index (Phi) is 4.09. The van der Waals surface area contributed by atoms with E-state index in [0.717, 1.165) is 44.8 Å². The van der Waals surface area contributed by atoms with Gasteiger partial charge in [0.1, 0.15) is 5.60 Å². The molecule has 4 nitrogen and oxygen atoms in total. The topological polar surface area (TPSA) is 55.6 Å². The normalized spacial score (nSPS) is 28.9. The molecule has 110 valence electrons. The van der Waals surface area contributed by atoms with Crippen LogP contribution in [0.2, 0.25) is 0 Å². The molecule has 1 saturated heterocycles. The quantitative estimate of drug-likeness (QED) is 0.838. The van der Waals surface area contributed by atoms with Crippen molar-refractivity contribution in [3.8, 4) is 0 Å². The summed E-state index contributed by atoms with van der Waals surface area (Å²) in [5.41, 5.74) is 5.91. The summed E-state index contributed by atoms with van der Waals surface area (Å²) in [6.45, 7) is 8.11. The number of nitrogens with zero attached hydrogens (tertiary/aromatic N) is 1. The van der Waals surface area contributed by atoms with Gasteiger partial charge in [-0.15, -0.1) is 0 Å². The highest BCUT2D eigenvalue weighted by molar-refractivity contribution is 5.68. The molecule has 19 heavy (non-hydrogen) atoms. The Balaban J connectivity index is 1.94. The largest absolute Gasteiger partial charge is 0.444 e. The van der Waals surface area contributed by atoms with Gasteiger partial charge in [0.15, 0.2) is 0 Å². The Hall–Kier alpha value is -0.770. The van der Waals surface area contributed by atoms with E-state index in [0.29, 0.717) is 0 Å². The first kappa shape index (κ1) is 14.6. The lowest BCUT2D eigenvalue weighted by Crippen LogP contribution is -2.39. The molecule has 2 fully saturated rings. The maximum atomic E-state index is 12.1. The second-order valence-electron chi connectivity index (χ2n) is 7.16. The van der Waals surface area contributed by atoms with Crippen molar-refractivity contribution in [3.63, 3.8) is 0 Å². The monoisotopic (exact) mass is 268 g/mol. The van der Waals surface area contributed by atoms with Gasteiger partial charge in [-0.2, -0.15) is 0 Å². The Morgan fingerprint density at radius 3 is 2.53 bits per heavy atom. The Morgan fingerprint density at radius 2 is 2.00 bits per heavy atom. The lowest BCUT2D eigenvalue weighted by Gasteiger charge is -2.32. The highest BCUT2D eigenvalue weighted by Crippen LogP contribution is 2.50. The third-order valence-corrected chi connectivity index (χ3v) is 4.48. The average molecular weight is 268 g/mol. The molecule has 0 aromatic rings. The summed E-state index contributed by atoms with van der Waals surface area (Å²) < 4.78 is 5.47. The van der Waals surface area contributed by atoms with Crippen LogP contribution in [0, 0.1) is 11.3 Å². The van der Waals surface area contributed by atoms with Gasteiger partial charge < -0.3 is 15.4 Å². The fourth-order valence-electron chi connectivity index (χ4n) is 3.20. The summed E-state index contributed by atoms with van der Waals surface area (Å²) in [6.07, 6.45) is 5.72. The molecular formula is C15H28N2O2. The number of likely N-dealkylation sites (tertiary alicyclic amines) is 1. The van der Waals surface area contributed by atoms with Crippen LogP contribution in [0.3, 0.4) is 0 Å². The molecule has 0 bridgehead atoms. The van der Waals surface area contributed by atoms with E-state index in [1.165, 1.54) is 12.8 Å². The van der Waals surface area contributed by atoms with Gasteiger partial charge in [0.2, 0.25) is 0 Å². The van der Waals surface area contributed by atoms with E-state index in [9.17, 15) is 4.79 Å². The van der Waals surface area contributed by atoms with Crippen molar-refractivity contribution in [1.29, 1.82) is 0 Å². The predicted octanol–water partition coefficient (Wildman–Crippen LogP) is 2.76. The molecule has 1 unspecified atom stereocenters. The minimum absolute atomic E-state index is 0.170. The maximum Gasteiger partial charge on any atom is 0.410 e. The smallest absolute Gasteiger partial charge is 0.410 e. The fraction of sp³-hybridized carbons (Fsp3) is 0.933. The van der Waals surface area contributed by atoms with Crippen LogP contribution in [0.1, 0.15) is 52.9 Å². The highest BCUT2D eigenvalue weighted by Gasteiger charge is 2.45. The van der Waals surface area contributed by atoms with Crippen LogP contribution >= 0.6 is 0 Å². The standard InChI is InChI=1S/C15H28N2O2/c1-14(2,3)19-13(18)17-9-4-7-15(11-16,8-10-17)12-5-6-12/h12H,4-11,16H2,1-3H3. The van der Waals surface area contributed by atoms with Gasteiger partial charge in [-0.3, -0.25) is 0 Å². The van der Waals surface area contributed by atoms with Gasteiger partial charge in [0.05, 0.1) is 0 Å². The van der Waals surface area contributed by atoms with Gasteiger partial charge in [-0.05, 0) is 70.8 Å². The molecule has 1 atom stereocenters. The third-order valence-electron chi connectivity index (χ3n) is 4.48. The van der Waals surface area contributed by atoms with Crippen LogP contribution in [-0.4, -0.2) is 36.2 Å². The maximum absolute atomic E-state index is 12.1. The number of carbonyl (C=O) groups is 1. The molecule has 1 saturated carbocycles. The summed E-state index contributed by atoms with van der Waals surface area (Å²) in [5, 5.41) is 0. The predicted molar refractivity (Wildman–Crippen MR) is 75.9 cm³/mol. The van der Waals surface area contributed by atoms with Gasteiger partial charge in [0.25, 0.3) is 0 Å². The lowest BCUT2D eigenvalue weighted by molar-refractivity contribution is 0.0249. The molecule has 4 heteroatoms. The average Bonchev–Trinajstić information content (AvgIpc) is 3.13. The zero-order valence-electron chi connectivity index (χ0n) is 12.6. The summed E-state index contributed by atoms with van der Waals surface area (Å²) in [7, 11) is 0. The van der Waals surface area contributed by atoms with Gasteiger partial charge in [-0.1, -0.05) is 0 Å². The van der Waals surface area contributed by atoms with Gasteiger partial charge in [0, 0.05) is 13.1 Å². The van der Waals surface area contributed by atoms with E-state index in [-0.39, 0.29) is 11.5 Å². The van der Waals surface area contributed by atoms with E-state index < -0.39 is 5.60 Å². The van der Waals surface area contributed by atoms with E-state index in [1.54, 1.807) is 0 Å². The minimum atomic E-state index is -0.412. The number of amides is 1. The van der Waals surface area contributed by atoms with Crippen LogP contribution in [-0.2, 0) is 4.74 Å². The van der Waals surface area contributed by atoms with E-state index in [2.05, 4.69) is 0 Å². The lowest BCUT2D eigenvalue weighted by atomic mass is 9.76. The van der Waals surface area contributed by atoms with Crippen molar-refractivity contribution in [2.45, 2.75) is 58.5 Å². The summed E-state index contributed by atoms with van der Waals surface area (Å²) in [5.74, 6) is 0.802. The second-order valence-corrected chi connectivity index (χ2v) is 7.16. The summed E-state index contributed by atoms with van der Waals surface area (Å²) in [6, 6.07) is 0. The Labute approximate surface area is 116 Å². The molecule has 2 aliphatic rings. The van der Waals surface area contributed by atoms with Crippen LogP contribution in [0.5, 0.6) is 0 Å². The summed E-state index contributed by atoms with van der Waals surface area (Å²) >= 11 is 0. The summed E-state index contributed by atoms with van der Waals surface area (Å²) in [4.78, 5) is 14.0. The van der Waals surface area contributed by atoms with Crippen LogP contribution in [0.4, 0.5) is 4.79 Å². The molecule has 0 aromatic heterocycles. The first-order valence-electron chi connectivity index (χ1n) is 7.54. The Morgan fingerprint density at radius 1 is 1.32 bits per heavy atom. The van der Waals surface area contributed by atoms with Crippen LogP contribution in [0.25, 0.3) is 0 Å². The highest BCUT2D eigenvalue weighted by atomic mass is 16.6. The van der Waals surface area contributed by atoms with Crippen LogP contribution in [0.15, 0.2) is 0 Å². The molecule has 0 aromatic carbocycles. The number of ether oxygens (including phenoxy) is 1. The first-order chi connectivity index (χ1) is 8.86. The van der Waals surface area contributed by atoms with Crippen molar-refractivity contribution < 1.29 is 9.53 Å². The molecule has 0 radical (unpaired) electrons. The zero-order valence-corrected chi connectivity index (χ0v) is 12.6. The number of nitrogens with two attached hydrogens (primary N) is 1. The molecule has 2 N–H and O–H groups in total. The minimum Gasteiger partial charge on any atom is -0.444 e. The van der Waals surface area contributed by atoms with Crippen molar-refractivity contribution in [3.05, 3.63) is 0 Å². The van der Waals surface area contributed by atoms with E-state index >= 15 is 0 Å². The van der Waals surface area contributed by atoms with Crippen molar-refractivity contribution in [2.24, 2.45) is 17.1 Å². The van der Waals surface area contributed by atoms with Crippen molar-refractivity contribution in [1.82, 2.24) is 4.90 Å². The molecular weight excluding hydrogens is 240 g/mol. The SMILES string of the molecule is CC(C)(C)OC(=O)N1CCCC(CN)(C2CC2)CC1. The molecule has 1 heterocycles. The zero-order chi connectivity index (χ0) is 14.1. The number of carbonyl (C=O) groups excluding carboxylic acids is 1. The van der Waals surface area contributed by atoms with Crippen LogP contribution < -0.4 is 5.73 Å².